The first-order chi connectivity index (χ1) is 11.1. The van der Waals surface area contributed by atoms with Crippen LogP contribution in [0.15, 0.2) is 16.6 Å². The van der Waals surface area contributed by atoms with Gasteiger partial charge in [0.1, 0.15) is 17.3 Å². The van der Waals surface area contributed by atoms with Crippen LogP contribution in [0.1, 0.15) is 26.3 Å². The maximum atomic E-state index is 14.1. The summed E-state index contributed by atoms with van der Waals surface area (Å²) in [6, 6.07) is 2.69. The Morgan fingerprint density at radius 1 is 1.25 bits per heavy atom. The van der Waals surface area contributed by atoms with E-state index < -0.39 is 11.4 Å². The Hall–Kier alpha value is -1.34. The van der Waals surface area contributed by atoms with Crippen molar-refractivity contribution in [2.75, 3.05) is 26.2 Å². The fraction of sp³-hybridized carbons (Fsp3) is 0.500. The largest absolute Gasteiger partial charge is 0.444 e. The molecule has 1 fully saturated rings. The van der Waals surface area contributed by atoms with Crippen LogP contribution < -0.4 is 0 Å². The number of carbonyl (C=O) groups is 1. The third-order valence-corrected chi connectivity index (χ3v) is 4.71. The van der Waals surface area contributed by atoms with E-state index in [9.17, 15) is 9.18 Å². The van der Waals surface area contributed by atoms with Crippen molar-refractivity contribution in [1.29, 1.82) is 5.41 Å². The number of carbonyl (C=O) groups excluding carboxylic acids is 1. The van der Waals surface area contributed by atoms with Crippen LogP contribution in [0.25, 0.3) is 0 Å². The normalized spacial score (nSPS) is 15.4. The third kappa shape index (κ3) is 4.60. The molecule has 1 amide bonds. The van der Waals surface area contributed by atoms with Crippen molar-refractivity contribution < 1.29 is 13.9 Å². The van der Waals surface area contributed by atoms with E-state index in [0.717, 1.165) is 0 Å². The number of rotatable bonds is 1. The van der Waals surface area contributed by atoms with Gasteiger partial charge in [-0.3, -0.25) is 5.41 Å². The van der Waals surface area contributed by atoms with Gasteiger partial charge in [-0.05, 0) is 48.8 Å². The smallest absolute Gasteiger partial charge is 0.410 e. The fourth-order valence-electron chi connectivity index (χ4n) is 2.31. The molecular formula is C16H20BrClFN3O2. The van der Waals surface area contributed by atoms with Crippen LogP contribution in [0.2, 0.25) is 5.02 Å². The number of amidine groups is 1. The number of amides is 1. The number of nitrogens with zero attached hydrogens (tertiary/aromatic N) is 2. The second-order valence-corrected chi connectivity index (χ2v) is 7.81. The molecule has 1 aliphatic rings. The molecule has 8 heteroatoms. The molecule has 0 aromatic heterocycles. The summed E-state index contributed by atoms with van der Waals surface area (Å²) in [6.45, 7) is 7.16. The summed E-state index contributed by atoms with van der Waals surface area (Å²) in [5.74, 6) is -0.448. The summed E-state index contributed by atoms with van der Waals surface area (Å²) in [6.07, 6.45) is -0.369. The van der Waals surface area contributed by atoms with Crippen molar-refractivity contribution in [1.82, 2.24) is 9.80 Å². The molecule has 1 heterocycles. The minimum atomic E-state index is -0.543. The van der Waals surface area contributed by atoms with Gasteiger partial charge in [0.2, 0.25) is 0 Å². The Bertz CT molecular complexity index is 655. The van der Waals surface area contributed by atoms with E-state index in [1.807, 2.05) is 20.8 Å². The zero-order valence-corrected chi connectivity index (χ0v) is 16.2. The lowest BCUT2D eigenvalue weighted by molar-refractivity contribution is 0.0187. The lowest BCUT2D eigenvalue weighted by atomic mass is 10.1. The maximum absolute atomic E-state index is 14.1. The summed E-state index contributed by atoms with van der Waals surface area (Å²) >= 11 is 9.16. The quantitative estimate of drug-likeness (QED) is 0.422. The van der Waals surface area contributed by atoms with Crippen LogP contribution >= 0.6 is 27.5 Å². The first-order valence-electron chi connectivity index (χ1n) is 7.55. The average molecular weight is 421 g/mol. The highest BCUT2D eigenvalue weighted by molar-refractivity contribution is 9.10. The molecule has 0 aliphatic carbocycles. The molecule has 0 saturated carbocycles. The summed E-state index contributed by atoms with van der Waals surface area (Å²) in [5, 5.41) is 8.58. The van der Waals surface area contributed by atoms with Crippen LogP contribution in [0.3, 0.4) is 0 Å². The number of nitrogens with one attached hydrogen (secondary N) is 1. The van der Waals surface area contributed by atoms with Crippen molar-refractivity contribution in [2.24, 2.45) is 0 Å². The Morgan fingerprint density at radius 2 is 1.79 bits per heavy atom. The molecule has 1 N–H and O–H groups in total. The Balaban J connectivity index is 2.01. The van der Waals surface area contributed by atoms with Crippen molar-refractivity contribution in [3.8, 4) is 0 Å². The lowest BCUT2D eigenvalue weighted by Crippen LogP contribution is -2.51. The van der Waals surface area contributed by atoms with Gasteiger partial charge in [-0.25, -0.2) is 9.18 Å². The first-order valence-corrected chi connectivity index (χ1v) is 8.72. The van der Waals surface area contributed by atoms with Gasteiger partial charge in [0.15, 0.2) is 0 Å². The molecule has 0 spiro atoms. The van der Waals surface area contributed by atoms with Crippen LogP contribution in [0.5, 0.6) is 0 Å². The maximum Gasteiger partial charge on any atom is 0.410 e. The van der Waals surface area contributed by atoms with E-state index >= 15 is 0 Å². The van der Waals surface area contributed by atoms with Gasteiger partial charge in [-0.2, -0.15) is 0 Å². The molecule has 132 valence electrons. The zero-order valence-electron chi connectivity index (χ0n) is 13.8. The highest BCUT2D eigenvalue weighted by atomic mass is 79.9. The molecule has 0 atom stereocenters. The van der Waals surface area contributed by atoms with Crippen molar-refractivity contribution in [2.45, 2.75) is 26.4 Å². The minimum absolute atomic E-state index is 0.0609. The topological polar surface area (TPSA) is 56.6 Å². The van der Waals surface area contributed by atoms with Gasteiger partial charge in [0, 0.05) is 30.7 Å². The summed E-state index contributed by atoms with van der Waals surface area (Å²) in [7, 11) is 0. The fourth-order valence-corrected chi connectivity index (χ4v) is 2.79. The number of piperazine rings is 1. The van der Waals surface area contributed by atoms with E-state index in [1.54, 1.807) is 9.80 Å². The molecule has 24 heavy (non-hydrogen) atoms. The number of ether oxygens (including phenoxy) is 1. The lowest BCUT2D eigenvalue weighted by Gasteiger charge is -2.36. The predicted octanol–water partition coefficient (Wildman–Crippen LogP) is 4.12. The number of benzene rings is 1. The van der Waals surface area contributed by atoms with Gasteiger partial charge < -0.3 is 14.5 Å². The SMILES string of the molecule is CC(C)(C)OC(=O)N1CCN(C(=N)c2cc(Cl)c(Br)cc2F)CC1. The molecule has 5 nitrogen and oxygen atoms in total. The van der Waals surface area contributed by atoms with Crippen molar-refractivity contribution in [3.05, 3.63) is 33.0 Å². The summed E-state index contributed by atoms with van der Waals surface area (Å²) in [5.41, 5.74) is -0.396. The van der Waals surface area contributed by atoms with E-state index in [4.69, 9.17) is 21.7 Å². The Kier molecular flexibility index (Phi) is 5.75. The molecule has 0 radical (unpaired) electrons. The third-order valence-electron chi connectivity index (χ3n) is 3.51. The van der Waals surface area contributed by atoms with Crippen LogP contribution in [-0.4, -0.2) is 53.5 Å². The van der Waals surface area contributed by atoms with E-state index in [1.165, 1.54) is 12.1 Å². The first kappa shape index (κ1) is 19.0. The molecule has 1 saturated heterocycles. The summed E-state index contributed by atoms with van der Waals surface area (Å²) < 4.78 is 19.9. The number of hydrogen-bond acceptors (Lipinski definition) is 3. The van der Waals surface area contributed by atoms with Crippen LogP contribution in [-0.2, 0) is 4.74 Å². The van der Waals surface area contributed by atoms with Gasteiger partial charge >= 0.3 is 6.09 Å². The minimum Gasteiger partial charge on any atom is -0.444 e. The van der Waals surface area contributed by atoms with Crippen molar-refractivity contribution in [3.63, 3.8) is 0 Å². The highest BCUT2D eigenvalue weighted by Gasteiger charge is 2.27. The monoisotopic (exact) mass is 419 g/mol. The second-order valence-electron chi connectivity index (χ2n) is 6.55. The predicted molar refractivity (Wildman–Crippen MR) is 95.3 cm³/mol. The Morgan fingerprint density at radius 3 is 2.33 bits per heavy atom. The van der Waals surface area contributed by atoms with Gasteiger partial charge in [-0.1, -0.05) is 11.6 Å². The Labute approximate surface area is 154 Å². The van der Waals surface area contributed by atoms with Crippen LogP contribution in [0.4, 0.5) is 9.18 Å². The van der Waals surface area contributed by atoms with E-state index in [0.29, 0.717) is 35.7 Å². The highest BCUT2D eigenvalue weighted by Crippen LogP contribution is 2.26. The molecule has 1 aromatic rings. The van der Waals surface area contributed by atoms with E-state index in [2.05, 4.69) is 15.9 Å². The van der Waals surface area contributed by atoms with Gasteiger partial charge in [0.05, 0.1) is 10.6 Å². The van der Waals surface area contributed by atoms with Crippen LogP contribution in [0, 0.1) is 11.2 Å². The standard InChI is InChI=1S/C16H20BrClFN3O2/c1-16(2,3)24-15(23)22-6-4-21(5-7-22)14(20)10-8-12(18)11(17)9-13(10)19/h8-9,20H,4-7H2,1-3H3. The number of halogens is 3. The molecular weight excluding hydrogens is 401 g/mol. The van der Waals surface area contributed by atoms with Crippen molar-refractivity contribution >= 4 is 39.5 Å². The molecule has 1 aromatic carbocycles. The van der Waals surface area contributed by atoms with Gasteiger partial charge in [0.25, 0.3) is 0 Å². The van der Waals surface area contributed by atoms with Gasteiger partial charge in [-0.15, -0.1) is 0 Å². The molecule has 1 aliphatic heterocycles. The zero-order chi connectivity index (χ0) is 18.1. The molecule has 0 unspecified atom stereocenters. The second kappa shape index (κ2) is 7.27. The average Bonchev–Trinajstić information content (AvgIpc) is 2.49. The van der Waals surface area contributed by atoms with E-state index in [-0.39, 0.29) is 17.5 Å². The molecule has 2 rings (SSSR count). The number of hydrogen-bond donors (Lipinski definition) is 1. The summed E-state index contributed by atoms with van der Waals surface area (Å²) in [4.78, 5) is 15.4. The molecule has 0 bridgehead atoms.